The lowest BCUT2D eigenvalue weighted by molar-refractivity contribution is 0.315. The molecule has 0 saturated heterocycles. The maximum atomic E-state index is 5.63. The maximum absolute atomic E-state index is 5.63. The summed E-state index contributed by atoms with van der Waals surface area (Å²) in [6, 6.07) is 0. The van der Waals surface area contributed by atoms with Gasteiger partial charge < -0.3 is 11.1 Å². The van der Waals surface area contributed by atoms with E-state index >= 15 is 0 Å². The van der Waals surface area contributed by atoms with Gasteiger partial charge in [0.1, 0.15) is 0 Å². The van der Waals surface area contributed by atoms with E-state index in [1.54, 1.807) is 0 Å². The number of nitrogens with two attached hydrogens (primary N) is 1. The third-order valence-electron chi connectivity index (χ3n) is 2.22. The van der Waals surface area contributed by atoms with Crippen LogP contribution in [-0.4, -0.2) is 19.0 Å². The normalized spacial score (nSPS) is 16.8. The average molecular weight is 374 g/mol. The molecule has 1 aliphatic rings. The topological polar surface area (TPSA) is 50.4 Å². The van der Waals surface area contributed by atoms with Gasteiger partial charge in [0.2, 0.25) is 0 Å². The summed E-state index contributed by atoms with van der Waals surface area (Å²) in [5, 5.41) is 3.11. The standard InChI is InChI=1S/C9H16BrN3.HI/c1-7(10)5-12-9(11)13-6-8-3-2-4-8;/h8H,1-6H2,(H3,11,12,13);1H. The lowest BCUT2D eigenvalue weighted by atomic mass is 9.85. The quantitative estimate of drug-likeness (QED) is 0.451. The van der Waals surface area contributed by atoms with E-state index in [1.807, 2.05) is 0 Å². The zero-order valence-electron chi connectivity index (χ0n) is 8.13. The summed E-state index contributed by atoms with van der Waals surface area (Å²) in [6.45, 7) is 5.18. The lowest BCUT2D eigenvalue weighted by Crippen LogP contribution is -2.37. The third-order valence-corrected chi connectivity index (χ3v) is 2.47. The van der Waals surface area contributed by atoms with Crippen LogP contribution in [-0.2, 0) is 0 Å². The minimum atomic E-state index is 0. The number of halogens is 2. The number of hydrogen-bond donors (Lipinski definition) is 2. The minimum absolute atomic E-state index is 0. The lowest BCUT2D eigenvalue weighted by Gasteiger charge is -2.25. The molecule has 0 aromatic rings. The van der Waals surface area contributed by atoms with E-state index in [-0.39, 0.29) is 24.0 Å². The summed E-state index contributed by atoms with van der Waals surface area (Å²) in [6.07, 6.45) is 4.01. The van der Waals surface area contributed by atoms with Crippen molar-refractivity contribution in [3.8, 4) is 0 Å². The summed E-state index contributed by atoms with van der Waals surface area (Å²) in [7, 11) is 0. The molecule has 1 aliphatic carbocycles. The molecular formula is C9H17BrIN3. The van der Waals surface area contributed by atoms with Crippen molar-refractivity contribution in [1.82, 2.24) is 5.32 Å². The predicted octanol–water partition coefficient (Wildman–Crippen LogP) is 2.22. The van der Waals surface area contributed by atoms with Crippen LogP contribution in [0.4, 0.5) is 0 Å². The summed E-state index contributed by atoms with van der Waals surface area (Å²) >= 11 is 3.22. The third kappa shape index (κ3) is 5.85. The van der Waals surface area contributed by atoms with Crippen LogP contribution < -0.4 is 11.1 Å². The Balaban J connectivity index is 0.00000169. The molecule has 3 N–H and O–H groups in total. The smallest absolute Gasteiger partial charge is 0.188 e. The molecule has 0 bridgehead atoms. The Morgan fingerprint density at radius 3 is 2.64 bits per heavy atom. The van der Waals surface area contributed by atoms with Gasteiger partial charge in [-0.3, -0.25) is 0 Å². The van der Waals surface area contributed by atoms with Crippen molar-refractivity contribution in [2.75, 3.05) is 13.1 Å². The second-order valence-electron chi connectivity index (χ2n) is 3.40. The van der Waals surface area contributed by atoms with Gasteiger partial charge in [0.25, 0.3) is 0 Å². The molecule has 0 aromatic heterocycles. The zero-order chi connectivity index (χ0) is 9.68. The van der Waals surface area contributed by atoms with Crippen LogP contribution >= 0.6 is 39.9 Å². The van der Waals surface area contributed by atoms with Gasteiger partial charge in [-0.25, -0.2) is 4.99 Å². The molecule has 1 fully saturated rings. The fourth-order valence-corrected chi connectivity index (χ4v) is 1.30. The van der Waals surface area contributed by atoms with Crippen LogP contribution in [0.3, 0.4) is 0 Å². The minimum Gasteiger partial charge on any atom is -0.370 e. The Hall–Kier alpha value is 0.220. The highest BCUT2D eigenvalue weighted by atomic mass is 127. The number of guanidine groups is 1. The van der Waals surface area contributed by atoms with Gasteiger partial charge in [0.05, 0.1) is 6.54 Å². The molecular weight excluding hydrogens is 357 g/mol. The number of hydrogen-bond acceptors (Lipinski definition) is 1. The van der Waals surface area contributed by atoms with Crippen LogP contribution in [0.2, 0.25) is 0 Å². The Labute approximate surface area is 111 Å². The largest absolute Gasteiger partial charge is 0.370 e. The van der Waals surface area contributed by atoms with Crippen molar-refractivity contribution in [3.63, 3.8) is 0 Å². The summed E-state index contributed by atoms with van der Waals surface area (Å²) in [4.78, 5) is 4.09. The molecule has 1 rings (SSSR count). The van der Waals surface area contributed by atoms with Gasteiger partial charge in [0.15, 0.2) is 5.96 Å². The van der Waals surface area contributed by atoms with Gasteiger partial charge in [0, 0.05) is 11.0 Å². The number of rotatable bonds is 4. The van der Waals surface area contributed by atoms with E-state index in [2.05, 4.69) is 32.8 Å². The molecule has 3 nitrogen and oxygen atoms in total. The van der Waals surface area contributed by atoms with Gasteiger partial charge in [-0.1, -0.05) is 28.9 Å². The second-order valence-corrected chi connectivity index (χ2v) is 4.52. The molecule has 0 spiro atoms. The molecule has 1 saturated carbocycles. The van der Waals surface area contributed by atoms with E-state index in [0.29, 0.717) is 12.5 Å². The first-order valence-corrected chi connectivity index (χ1v) is 5.35. The zero-order valence-corrected chi connectivity index (χ0v) is 12.0. The fourth-order valence-electron chi connectivity index (χ4n) is 1.17. The average Bonchev–Trinajstić information content (AvgIpc) is 1.98. The predicted molar refractivity (Wildman–Crippen MR) is 75.3 cm³/mol. The first kappa shape index (κ1) is 14.2. The van der Waals surface area contributed by atoms with Gasteiger partial charge >= 0.3 is 0 Å². The summed E-state index contributed by atoms with van der Waals surface area (Å²) < 4.78 is 0.848. The van der Waals surface area contributed by atoms with Crippen molar-refractivity contribution in [2.24, 2.45) is 16.6 Å². The number of aliphatic imine (C=N–C) groups is 1. The molecule has 0 aromatic carbocycles. The van der Waals surface area contributed by atoms with E-state index in [9.17, 15) is 0 Å². The molecule has 0 radical (unpaired) electrons. The van der Waals surface area contributed by atoms with E-state index in [4.69, 9.17) is 5.73 Å². The van der Waals surface area contributed by atoms with Crippen LogP contribution in [0.25, 0.3) is 0 Å². The van der Waals surface area contributed by atoms with Gasteiger partial charge in [-0.05, 0) is 18.8 Å². The first-order valence-electron chi connectivity index (χ1n) is 4.55. The Kier molecular flexibility index (Phi) is 7.62. The molecule has 0 unspecified atom stereocenters. The first-order chi connectivity index (χ1) is 6.18. The van der Waals surface area contributed by atoms with E-state index in [1.165, 1.54) is 19.3 Å². The Bertz CT molecular complexity index is 214. The SMILES string of the molecule is C=C(Br)CN=C(N)NCC1CCC1.I. The molecule has 82 valence electrons. The van der Waals surface area contributed by atoms with E-state index in [0.717, 1.165) is 16.9 Å². The van der Waals surface area contributed by atoms with E-state index < -0.39 is 0 Å². The molecule has 14 heavy (non-hydrogen) atoms. The van der Waals surface area contributed by atoms with Crippen molar-refractivity contribution >= 4 is 45.9 Å². The Morgan fingerprint density at radius 1 is 1.57 bits per heavy atom. The highest BCUT2D eigenvalue weighted by Crippen LogP contribution is 2.24. The van der Waals surface area contributed by atoms with Gasteiger partial charge in [-0.2, -0.15) is 0 Å². The number of nitrogens with one attached hydrogen (secondary N) is 1. The highest BCUT2D eigenvalue weighted by Gasteiger charge is 2.16. The molecule has 0 heterocycles. The molecule has 0 atom stereocenters. The van der Waals surface area contributed by atoms with Crippen molar-refractivity contribution in [3.05, 3.63) is 11.1 Å². The molecule has 5 heteroatoms. The van der Waals surface area contributed by atoms with Crippen LogP contribution in [0.1, 0.15) is 19.3 Å². The Morgan fingerprint density at radius 2 is 2.21 bits per heavy atom. The second kappa shape index (κ2) is 7.50. The molecule has 0 aliphatic heterocycles. The van der Waals surface area contributed by atoms with Crippen molar-refractivity contribution < 1.29 is 0 Å². The monoisotopic (exact) mass is 373 g/mol. The van der Waals surface area contributed by atoms with Crippen LogP contribution in [0.15, 0.2) is 16.1 Å². The highest BCUT2D eigenvalue weighted by molar-refractivity contribution is 14.0. The summed E-state index contributed by atoms with van der Waals surface area (Å²) in [5.41, 5.74) is 5.63. The summed E-state index contributed by atoms with van der Waals surface area (Å²) in [5.74, 6) is 1.33. The van der Waals surface area contributed by atoms with Crippen LogP contribution in [0.5, 0.6) is 0 Å². The van der Waals surface area contributed by atoms with Crippen molar-refractivity contribution in [2.45, 2.75) is 19.3 Å². The van der Waals surface area contributed by atoms with Crippen molar-refractivity contribution in [1.29, 1.82) is 0 Å². The molecule has 0 amide bonds. The van der Waals surface area contributed by atoms with Crippen LogP contribution in [0, 0.1) is 5.92 Å². The number of nitrogens with zero attached hydrogens (tertiary/aromatic N) is 1. The fraction of sp³-hybridized carbons (Fsp3) is 0.667. The maximum Gasteiger partial charge on any atom is 0.188 e. The van der Waals surface area contributed by atoms with Gasteiger partial charge in [-0.15, -0.1) is 24.0 Å².